The molecule has 4 aromatic rings. The van der Waals surface area contributed by atoms with E-state index in [0.29, 0.717) is 18.1 Å². The number of nitrogens with one attached hydrogen (secondary N) is 2. The van der Waals surface area contributed by atoms with E-state index in [0.717, 1.165) is 22.8 Å². The molecule has 3 heterocycles. The normalized spacial score (nSPS) is 17.3. The number of anilines is 1. The van der Waals surface area contributed by atoms with Crippen molar-refractivity contribution in [3.8, 4) is 5.69 Å². The van der Waals surface area contributed by atoms with Crippen molar-refractivity contribution in [3.63, 3.8) is 0 Å². The van der Waals surface area contributed by atoms with Crippen molar-refractivity contribution in [2.45, 2.75) is 25.4 Å². The molecule has 2 atom stereocenters. The Morgan fingerprint density at radius 1 is 1.03 bits per heavy atom. The lowest BCUT2D eigenvalue weighted by atomic mass is 10.0. The first-order valence-electron chi connectivity index (χ1n) is 11.7. The van der Waals surface area contributed by atoms with E-state index in [9.17, 15) is 4.79 Å². The average Bonchev–Trinajstić information content (AvgIpc) is 3.48. The van der Waals surface area contributed by atoms with E-state index < -0.39 is 0 Å². The number of rotatable bonds is 7. The van der Waals surface area contributed by atoms with Crippen LogP contribution in [0.1, 0.15) is 35.5 Å². The maximum atomic E-state index is 12.7. The number of aromatic nitrogens is 2. The molecule has 0 unspecified atom stereocenters. The smallest absolute Gasteiger partial charge is 0.226 e. The Labute approximate surface area is 210 Å². The van der Waals surface area contributed by atoms with Crippen LogP contribution in [0.2, 0.25) is 0 Å². The van der Waals surface area contributed by atoms with Crippen LogP contribution in [0.5, 0.6) is 0 Å². The van der Waals surface area contributed by atoms with Crippen LogP contribution < -0.4 is 10.6 Å². The number of hydrogen-bond acceptors (Lipinski definition) is 3. The van der Waals surface area contributed by atoms with Gasteiger partial charge in [0.05, 0.1) is 17.8 Å². The Balaban J connectivity index is 1.45. The van der Waals surface area contributed by atoms with Crippen LogP contribution in [-0.2, 0) is 4.79 Å². The number of hydrogen-bond donors (Lipinski definition) is 2. The molecule has 5 rings (SSSR count). The van der Waals surface area contributed by atoms with Gasteiger partial charge in [-0.25, -0.2) is 0 Å². The summed E-state index contributed by atoms with van der Waals surface area (Å²) in [7, 11) is 0. The van der Waals surface area contributed by atoms with E-state index in [-0.39, 0.29) is 18.0 Å². The molecule has 0 bridgehead atoms. The van der Waals surface area contributed by atoms with E-state index in [2.05, 4.69) is 74.6 Å². The summed E-state index contributed by atoms with van der Waals surface area (Å²) < 4.78 is 2.19. The number of amides is 1. The molecule has 1 saturated heterocycles. The SMILES string of the molecule is Cc1cccc(-n2cccc2[C@@H]2[C@H](c3ccccn3)NC(=S)N2CCC(=O)Nc2ccccc2)c1. The zero-order valence-corrected chi connectivity index (χ0v) is 20.3. The summed E-state index contributed by atoms with van der Waals surface area (Å²) in [5.74, 6) is -0.0481. The Kier molecular flexibility index (Phi) is 6.59. The van der Waals surface area contributed by atoms with Gasteiger partial charge in [-0.15, -0.1) is 0 Å². The van der Waals surface area contributed by atoms with Gasteiger partial charge in [-0.2, -0.15) is 0 Å². The summed E-state index contributed by atoms with van der Waals surface area (Å²) in [6, 6.07) is 27.7. The van der Waals surface area contributed by atoms with Gasteiger partial charge >= 0.3 is 0 Å². The Bertz CT molecular complexity index is 1320. The largest absolute Gasteiger partial charge is 0.352 e. The molecule has 0 aliphatic carbocycles. The van der Waals surface area contributed by atoms with Crippen molar-refractivity contribution < 1.29 is 4.79 Å². The zero-order valence-electron chi connectivity index (χ0n) is 19.5. The predicted molar refractivity (Wildman–Crippen MR) is 142 cm³/mol. The number of carbonyl (C=O) groups is 1. The number of thiocarbonyl (C=S) groups is 1. The van der Waals surface area contributed by atoms with E-state index in [1.807, 2.05) is 48.5 Å². The second-order valence-electron chi connectivity index (χ2n) is 8.63. The molecule has 7 heteroatoms. The number of pyridine rings is 1. The third-order valence-electron chi connectivity index (χ3n) is 6.20. The fraction of sp³-hybridized carbons (Fsp3) is 0.179. The van der Waals surface area contributed by atoms with Gasteiger partial charge in [0.1, 0.15) is 0 Å². The van der Waals surface area contributed by atoms with E-state index in [1.165, 1.54) is 5.56 Å². The van der Waals surface area contributed by atoms with Gasteiger partial charge in [-0.3, -0.25) is 9.78 Å². The monoisotopic (exact) mass is 481 g/mol. The highest BCUT2D eigenvalue weighted by Crippen LogP contribution is 2.39. The highest BCUT2D eigenvalue weighted by molar-refractivity contribution is 7.80. The second kappa shape index (κ2) is 10.1. The molecule has 1 fully saturated rings. The van der Waals surface area contributed by atoms with Crippen molar-refractivity contribution in [2.75, 3.05) is 11.9 Å². The van der Waals surface area contributed by atoms with Gasteiger partial charge in [0.25, 0.3) is 0 Å². The first kappa shape index (κ1) is 22.8. The van der Waals surface area contributed by atoms with Crippen molar-refractivity contribution in [3.05, 3.63) is 114 Å². The standard InChI is InChI=1S/C28H27N5OS/c1-20-9-7-12-22(19-20)32-17-8-14-24(32)27-26(23-13-5-6-16-29-23)31-28(35)33(27)18-15-25(34)30-21-10-3-2-4-11-21/h2-14,16-17,19,26-27H,15,18H2,1H3,(H,30,34)(H,31,35)/t26-,27+/m0/s1. The Morgan fingerprint density at radius 2 is 1.86 bits per heavy atom. The van der Waals surface area contributed by atoms with Crippen LogP contribution >= 0.6 is 12.2 Å². The number of benzene rings is 2. The van der Waals surface area contributed by atoms with Crippen molar-refractivity contribution >= 4 is 28.9 Å². The van der Waals surface area contributed by atoms with Crippen LogP contribution in [0.4, 0.5) is 5.69 Å². The molecule has 35 heavy (non-hydrogen) atoms. The van der Waals surface area contributed by atoms with Crippen molar-refractivity contribution in [1.29, 1.82) is 0 Å². The summed E-state index contributed by atoms with van der Waals surface area (Å²) in [6.07, 6.45) is 4.18. The minimum atomic E-state index is -0.139. The molecule has 2 aromatic heterocycles. The third-order valence-corrected chi connectivity index (χ3v) is 6.55. The maximum absolute atomic E-state index is 12.7. The summed E-state index contributed by atoms with van der Waals surface area (Å²) in [6.45, 7) is 2.57. The summed E-state index contributed by atoms with van der Waals surface area (Å²) in [4.78, 5) is 19.5. The first-order valence-corrected chi connectivity index (χ1v) is 12.1. The number of aryl methyl sites for hydroxylation is 1. The summed E-state index contributed by atoms with van der Waals surface area (Å²) >= 11 is 5.78. The third kappa shape index (κ3) is 4.95. The number of carbonyl (C=O) groups excluding carboxylic acids is 1. The van der Waals surface area contributed by atoms with Crippen molar-refractivity contribution in [2.24, 2.45) is 0 Å². The quantitative estimate of drug-likeness (QED) is 0.356. The summed E-state index contributed by atoms with van der Waals surface area (Å²) in [5.41, 5.74) is 5.06. The molecule has 176 valence electrons. The number of para-hydroxylation sites is 1. The maximum Gasteiger partial charge on any atom is 0.226 e. The molecule has 2 N–H and O–H groups in total. The lowest BCUT2D eigenvalue weighted by Gasteiger charge is -2.29. The molecule has 0 radical (unpaired) electrons. The molecular weight excluding hydrogens is 454 g/mol. The van der Waals surface area contributed by atoms with Crippen LogP contribution in [0.25, 0.3) is 5.69 Å². The van der Waals surface area contributed by atoms with Crippen molar-refractivity contribution in [1.82, 2.24) is 19.8 Å². The Morgan fingerprint density at radius 3 is 2.63 bits per heavy atom. The van der Waals surface area contributed by atoms with E-state index in [4.69, 9.17) is 12.2 Å². The van der Waals surface area contributed by atoms with Crippen LogP contribution in [0.3, 0.4) is 0 Å². The van der Waals surface area contributed by atoms with E-state index >= 15 is 0 Å². The molecular formula is C28H27N5OS. The highest BCUT2D eigenvalue weighted by Gasteiger charge is 2.41. The van der Waals surface area contributed by atoms with Gasteiger partial charge in [0.15, 0.2) is 5.11 Å². The Hall–Kier alpha value is -3.97. The van der Waals surface area contributed by atoms with E-state index in [1.54, 1.807) is 6.20 Å². The number of nitrogens with zero attached hydrogens (tertiary/aromatic N) is 3. The topological polar surface area (TPSA) is 62.2 Å². The first-order chi connectivity index (χ1) is 17.1. The fourth-order valence-corrected chi connectivity index (χ4v) is 4.91. The summed E-state index contributed by atoms with van der Waals surface area (Å²) in [5, 5.41) is 7.06. The lowest BCUT2D eigenvalue weighted by Crippen LogP contribution is -2.33. The van der Waals surface area contributed by atoms with Gasteiger partial charge in [0.2, 0.25) is 5.91 Å². The van der Waals surface area contributed by atoms with Gasteiger partial charge in [-0.1, -0.05) is 36.4 Å². The van der Waals surface area contributed by atoms with Gasteiger partial charge < -0.3 is 20.1 Å². The molecule has 0 saturated carbocycles. The van der Waals surface area contributed by atoms with Crippen LogP contribution in [-0.4, -0.2) is 32.0 Å². The molecule has 6 nitrogen and oxygen atoms in total. The fourth-order valence-electron chi connectivity index (χ4n) is 4.58. The predicted octanol–water partition coefficient (Wildman–Crippen LogP) is 5.18. The molecule has 1 amide bonds. The minimum Gasteiger partial charge on any atom is -0.352 e. The molecule has 0 spiro atoms. The molecule has 1 aliphatic rings. The second-order valence-corrected chi connectivity index (χ2v) is 9.01. The van der Waals surface area contributed by atoms with Gasteiger partial charge in [-0.05, 0) is 73.2 Å². The average molecular weight is 482 g/mol. The highest BCUT2D eigenvalue weighted by atomic mass is 32.1. The molecule has 2 aromatic carbocycles. The van der Waals surface area contributed by atoms with Crippen LogP contribution in [0.15, 0.2) is 97.3 Å². The van der Waals surface area contributed by atoms with Gasteiger partial charge in [0, 0.05) is 42.4 Å². The minimum absolute atomic E-state index is 0.0481. The molecule has 1 aliphatic heterocycles. The van der Waals surface area contributed by atoms with Crippen LogP contribution in [0, 0.1) is 6.92 Å². The zero-order chi connectivity index (χ0) is 24.2. The lowest BCUT2D eigenvalue weighted by molar-refractivity contribution is -0.116.